The zero-order chi connectivity index (χ0) is 19.9. The summed E-state index contributed by atoms with van der Waals surface area (Å²) in [6.45, 7) is 5.68. The van der Waals surface area contributed by atoms with Crippen LogP contribution in [-0.4, -0.2) is 26.6 Å². The number of ether oxygens (including phenoxy) is 1. The van der Waals surface area contributed by atoms with Gasteiger partial charge in [-0.15, -0.1) is 0 Å². The van der Waals surface area contributed by atoms with Crippen LogP contribution in [0.2, 0.25) is 0 Å². The van der Waals surface area contributed by atoms with Crippen molar-refractivity contribution < 1.29 is 13.9 Å². The smallest absolute Gasteiger partial charge is 0.408 e. The van der Waals surface area contributed by atoms with Crippen molar-refractivity contribution in [1.82, 2.24) is 20.3 Å². The van der Waals surface area contributed by atoms with Crippen molar-refractivity contribution in [3.63, 3.8) is 0 Å². The Labute approximate surface area is 161 Å². The number of amides is 1. The molecular formula is C21H21FN4O2. The SMILES string of the molecule is CC(C)(C)OC(=O)NCc1nc2ccc(-c3c[nH]c4cc(F)ccc34)cc2[nH]1. The lowest BCUT2D eigenvalue weighted by atomic mass is 10.0. The topological polar surface area (TPSA) is 82.8 Å². The van der Waals surface area contributed by atoms with Crippen molar-refractivity contribution in [3.05, 3.63) is 54.2 Å². The zero-order valence-corrected chi connectivity index (χ0v) is 15.9. The number of carbonyl (C=O) groups excluding carboxylic acids is 1. The monoisotopic (exact) mass is 380 g/mol. The van der Waals surface area contributed by atoms with E-state index in [0.29, 0.717) is 5.82 Å². The number of halogens is 1. The normalized spacial score (nSPS) is 11.9. The van der Waals surface area contributed by atoms with E-state index in [0.717, 1.165) is 33.1 Å². The second-order valence-corrected chi connectivity index (χ2v) is 7.66. The fourth-order valence-corrected chi connectivity index (χ4v) is 3.12. The molecule has 0 saturated carbocycles. The minimum Gasteiger partial charge on any atom is -0.444 e. The van der Waals surface area contributed by atoms with Crippen LogP contribution in [-0.2, 0) is 11.3 Å². The molecular weight excluding hydrogens is 359 g/mol. The van der Waals surface area contributed by atoms with Crippen LogP contribution in [0.1, 0.15) is 26.6 Å². The summed E-state index contributed by atoms with van der Waals surface area (Å²) in [7, 11) is 0. The van der Waals surface area contributed by atoms with Gasteiger partial charge in [0.15, 0.2) is 0 Å². The molecule has 2 heterocycles. The van der Waals surface area contributed by atoms with Crippen LogP contribution >= 0.6 is 0 Å². The maximum Gasteiger partial charge on any atom is 0.408 e. The fraction of sp³-hybridized carbons (Fsp3) is 0.238. The minimum atomic E-state index is -0.547. The van der Waals surface area contributed by atoms with E-state index < -0.39 is 11.7 Å². The van der Waals surface area contributed by atoms with E-state index in [4.69, 9.17) is 4.74 Å². The number of carbonyl (C=O) groups is 1. The maximum atomic E-state index is 13.4. The Bertz CT molecular complexity index is 1170. The van der Waals surface area contributed by atoms with Gasteiger partial charge in [-0.05, 0) is 56.7 Å². The summed E-state index contributed by atoms with van der Waals surface area (Å²) in [6, 6.07) is 10.6. The predicted molar refractivity (Wildman–Crippen MR) is 106 cm³/mol. The van der Waals surface area contributed by atoms with Gasteiger partial charge < -0.3 is 20.0 Å². The summed E-state index contributed by atoms with van der Waals surface area (Å²) in [5, 5.41) is 3.64. The molecule has 28 heavy (non-hydrogen) atoms. The Morgan fingerprint density at radius 2 is 2.00 bits per heavy atom. The lowest BCUT2D eigenvalue weighted by molar-refractivity contribution is 0.0522. The van der Waals surface area contributed by atoms with Crippen molar-refractivity contribution in [1.29, 1.82) is 0 Å². The molecule has 6 nitrogen and oxygen atoms in total. The number of benzene rings is 2. The van der Waals surface area contributed by atoms with Crippen molar-refractivity contribution >= 4 is 28.0 Å². The van der Waals surface area contributed by atoms with Gasteiger partial charge in [0.2, 0.25) is 0 Å². The van der Waals surface area contributed by atoms with Crippen molar-refractivity contribution in [3.8, 4) is 11.1 Å². The van der Waals surface area contributed by atoms with E-state index in [2.05, 4.69) is 20.3 Å². The number of nitrogens with zero attached hydrogens (tertiary/aromatic N) is 1. The summed E-state index contributed by atoms with van der Waals surface area (Å²) in [5.74, 6) is 0.367. The number of imidazole rings is 1. The Morgan fingerprint density at radius 1 is 1.18 bits per heavy atom. The molecule has 0 aliphatic carbocycles. The molecule has 0 unspecified atom stereocenters. The Hall–Kier alpha value is -3.35. The van der Waals surface area contributed by atoms with Crippen LogP contribution < -0.4 is 5.32 Å². The number of hydrogen-bond acceptors (Lipinski definition) is 3. The van der Waals surface area contributed by atoms with E-state index in [-0.39, 0.29) is 12.4 Å². The van der Waals surface area contributed by atoms with Crippen LogP contribution in [0.25, 0.3) is 33.1 Å². The van der Waals surface area contributed by atoms with E-state index >= 15 is 0 Å². The van der Waals surface area contributed by atoms with Crippen LogP contribution in [0.15, 0.2) is 42.6 Å². The van der Waals surface area contributed by atoms with Crippen molar-refractivity contribution in [2.24, 2.45) is 0 Å². The summed E-state index contributed by atoms with van der Waals surface area (Å²) in [6.07, 6.45) is 1.38. The highest BCUT2D eigenvalue weighted by Gasteiger charge is 2.16. The summed E-state index contributed by atoms with van der Waals surface area (Å²) in [4.78, 5) is 22.6. The van der Waals surface area contributed by atoms with Gasteiger partial charge >= 0.3 is 6.09 Å². The molecule has 0 atom stereocenters. The Morgan fingerprint density at radius 3 is 2.79 bits per heavy atom. The van der Waals surface area contributed by atoms with E-state index in [1.807, 2.05) is 45.2 Å². The van der Waals surface area contributed by atoms with Gasteiger partial charge in [0.25, 0.3) is 0 Å². The minimum absolute atomic E-state index is 0.241. The van der Waals surface area contributed by atoms with Crippen molar-refractivity contribution in [2.45, 2.75) is 32.9 Å². The first-order chi connectivity index (χ1) is 13.3. The van der Waals surface area contributed by atoms with Crippen LogP contribution in [0.3, 0.4) is 0 Å². The van der Waals surface area contributed by atoms with Gasteiger partial charge in [0.1, 0.15) is 17.2 Å². The molecule has 7 heteroatoms. The second-order valence-electron chi connectivity index (χ2n) is 7.66. The molecule has 1 amide bonds. The molecule has 0 fully saturated rings. The molecule has 0 radical (unpaired) electrons. The largest absolute Gasteiger partial charge is 0.444 e. The standard InChI is InChI=1S/C21H21FN4O2/c1-21(2,3)28-20(27)24-11-19-25-16-7-4-12(8-18(16)26-19)15-10-23-17-9-13(22)5-6-14(15)17/h4-10,23H,11H2,1-3H3,(H,24,27)(H,25,26). The zero-order valence-electron chi connectivity index (χ0n) is 15.9. The number of alkyl carbamates (subject to hydrolysis) is 1. The maximum absolute atomic E-state index is 13.4. The molecule has 2 aromatic carbocycles. The lowest BCUT2D eigenvalue weighted by Crippen LogP contribution is -2.32. The summed E-state index contributed by atoms with van der Waals surface area (Å²) < 4.78 is 18.6. The number of rotatable bonds is 3. The number of hydrogen-bond donors (Lipinski definition) is 3. The number of H-pyrrole nitrogens is 2. The molecule has 0 bridgehead atoms. The summed E-state index contributed by atoms with van der Waals surface area (Å²) >= 11 is 0. The molecule has 144 valence electrons. The Kier molecular flexibility index (Phi) is 4.30. The van der Waals surface area contributed by atoms with Gasteiger partial charge in [-0.1, -0.05) is 6.07 Å². The third kappa shape index (κ3) is 3.69. The number of nitrogens with one attached hydrogen (secondary N) is 3. The van der Waals surface area contributed by atoms with E-state index in [9.17, 15) is 9.18 Å². The first-order valence-corrected chi connectivity index (χ1v) is 9.01. The molecule has 4 rings (SSSR count). The van der Waals surface area contributed by atoms with Crippen LogP contribution in [0.5, 0.6) is 0 Å². The highest BCUT2D eigenvalue weighted by Crippen LogP contribution is 2.30. The van der Waals surface area contributed by atoms with Crippen LogP contribution in [0, 0.1) is 5.82 Å². The average molecular weight is 380 g/mol. The second kappa shape index (κ2) is 6.67. The van der Waals surface area contributed by atoms with Crippen LogP contribution in [0.4, 0.5) is 9.18 Å². The third-order valence-corrected chi connectivity index (χ3v) is 4.28. The quantitative estimate of drug-likeness (QED) is 0.474. The van der Waals surface area contributed by atoms with Gasteiger partial charge in [-0.3, -0.25) is 0 Å². The summed E-state index contributed by atoms with van der Waals surface area (Å²) in [5.41, 5.74) is 3.84. The molecule has 3 N–H and O–H groups in total. The molecule has 4 aromatic rings. The predicted octanol–water partition coefficient (Wildman–Crippen LogP) is 4.88. The van der Waals surface area contributed by atoms with E-state index in [1.54, 1.807) is 6.07 Å². The third-order valence-electron chi connectivity index (χ3n) is 4.28. The average Bonchev–Trinajstić information content (AvgIpc) is 3.20. The van der Waals surface area contributed by atoms with Gasteiger partial charge in [0, 0.05) is 22.7 Å². The number of aromatic nitrogens is 3. The highest BCUT2D eigenvalue weighted by atomic mass is 19.1. The van der Waals surface area contributed by atoms with Gasteiger partial charge in [-0.25, -0.2) is 14.2 Å². The van der Waals surface area contributed by atoms with Gasteiger partial charge in [0.05, 0.1) is 17.6 Å². The molecule has 0 spiro atoms. The molecule has 2 aromatic heterocycles. The number of fused-ring (bicyclic) bond motifs is 2. The van der Waals surface area contributed by atoms with Gasteiger partial charge in [-0.2, -0.15) is 0 Å². The van der Waals surface area contributed by atoms with E-state index in [1.165, 1.54) is 12.1 Å². The highest BCUT2D eigenvalue weighted by molar-refractivity contribution is 5.97. The Balaban J connectivity index is 1.57. The molecule has 0 aliphatic rings. The first-order valence-electron chi connectivity index (χ1n) is 9.01. The first kappa shape index (κ1) is 18.0. The number of aromatic amines is 2. The lowest BCUT2D eigenvalue weighted by Gasteiger charge is -2.19. The van der Waals surface area contributed by atoms with Crippen molar-refractivity contribution in [2.75, 3.05) is 0 Å². The molecule has 0 saturated heterocycles. The molecule has 0 aliphatic heterocycles. The fourth-order valence-electron chi connectivity index (χ4n) is 3.12.